The molecule has 0 amide bonds. The molecular weight excluding hydrogens is 370 g/mol. The Hall–Kier alpha value is -3.01. The Bertz CT molecular complexity index is 1170. The monoisotopic (exact) mass is 389 g/mol. The summed E-state index contributed by atoms with van der Waals surface area (Å²) in [6.07, 6.45) is 0. The number of carbonyl (C=O) groups excluding carboxylic acids is 1. The number of hydrogen-bond donors (Lipinski definition) is 1. The second kappa shape index (κ2) is 6.62. The fraction of sp³-hybridized carbons (Fsp3) is 0.294. The number of methoxy groups -OCH3 is 1. The van der Waals surface area contributed by atoms with Gasteiger partial charge >= 0.3 is 5.97 Å². The van der Waals surface area contributed by atoms with Crippen LogP contribution in [-0.4, -0.2) is 41.1 Å². The van der Waals surface area contributed by atoms with Crippen LogP contribution >= 0.6 is 0 Å². The number of rotatable bonds is 4. The third-order valence-electron chi connectivity index (χ3n) is 4.22. The normalized spacial score (nSPS) is 11.6. The Kier molecular flexibility index (Phi) is 4.60. The number of hydrogen-bond acceptors (Lipinski definition) is 7. The second-order valence-electron chi connectivity index (χ2n) is 6.17. The van der Waals surface area contributed by atoms with Crippen LogP contribution in [-0.2, 0) is 14.8 Å². The number of nitrogens with one attached hydrogen (secondary N) is 1. The van der Waals surface area contributed by atoms with Crippen LogP contribution in [0.1, 0.15) is 32.9 Å². The lowest BCUT2D eigenvalue weighted by Gasteiger charge is -2.14. The number of anilines is 1. The van der Waals surface area contributed by atoms with E-state index in [4.69, 9.17) is 4.74 Å². The SMILES string of the molecule is COC(=O)c1ccc(C)c(C)c1NS(=O)(=O)c1nc2nc(C)cc(C)n2n1. The summed E-state index contributed by atoms with van der Waals surface area (Å²) in [6, 6.07) is 5.00. The minimum atomic E-state index is -4.15. The molecule has 10 heteroatoms. The zero-order valence-electron chi connectivity index (χ0n) is 15.6. The Balaban J connectivity index is 2.12. The summed E-state index contributed by atoms with van der Waals surface area (Å²) in [5, 5.41) is 3.61. The van der Waals surface area contributed by atoms with E-state index in [1.165, 1.54) is 17.7 Å². The molecule has 0 aliphatic rings. The number of fused-ring (bicyclic) bond motifs is 1. The summed E-state index contributed by atoms with van der Waals surface area (Å²) >= 11 is 0. The molecule has 0 saturated heterocycles. The van der Waals surface area contributed by atoms with Crippen molar-refractivity contribution in [2.45, 2.75) is 32.9 Å². The highest BCUT2D eigenvalue weighted by Gasteiger charge is 2.26. The average Bonchev–Trinajstić information content (AvgIpc) is 3.04. The first kappa shape index (κ1) is 18.8. The summed E-state index contributed by atoms with van der Waals surface area (Å²) in [6.45, 7) is 7.09. The summed E-state index contributed by atoms with van der Waals surface area (Å²) in [7, 11) is -2.92. The van der Waals surface area contributed by atoms with Gasteiger partial charge in [-0.2, -0.15) is 13.4 Å². The van der Waals surface area contributed by atoms with Gasteiger partial charge < -0.3 is 4.74 Å². The molecule has 9 nitrogen and oxygen atoms in total. The first-order chi connectivity index (χ1) is 12.6. The van der Waals surface area contributed by atoms with E-state index in [9.17, 15) is 13.2 Å². The number of nitrogens with zero attached hydrogens (tertiary/aromatic N) is 4. The molecule has 0 fully saturated rings. The predicted octanol–water partition coefficient (Wildman–Crippen LogP) is 1.95. The maximum absolute atomic E-state index is 12.9. The van der Waals surface area contributed by atoms with E-state index in [0.717, 1.165) is 5.56 Å². The maximum atomic E-state index is 12.9. The van der Waals surface area contributed by atoms with Gasteiger partial charge in [0.1, 0.15) is 0 Å². The zero-order valence-corrected chi connectivity index (χ0v) is 16.4. The van der Waals surface area contributed by atoms with Gasteiger partial charge in [0.15, 0.2) is 0 Å². The van der Waals surface area contributed by atoms with E-state index in [-0.39, 0.29) is 17.0 Å². The number of carbonyl (C=O) groups is 1. The lowest BCUT2D eigenvalue weighted by molar-refractivity contribution is 0.0602. The molecule has 0 saturated carbocycles. The van der Waals surface area contributed by atoms with E-state index in [2.05, 4.69) is 19.8 Å². The van der Waals surface area contributed by atoms with Gasteiger partial charge in [-0.1, -0.05) is 6.07 Å². The van der Waals surface area contributed by atoms with E-state index in [1.807, 2.05) is 6.92 Å². The van der Waals surface area contributed by atoms with Crippen LogP contribution in [0.2, 0.25) is 0 Å². The third-order valence-corrected chi connectivity index (χ3v) is 5.34. The van der Waals surface area contributed by atoms with Crippen molar-refractivity contribution in [1.82, 2.24) is 19.6 Å². The number of benzene rings is 1. The number of ether oxygens (including phenoxy) is 1. The molecule has 3 aromatic rings. The molecular formula is C17H19N5O4S. The van der Waals surface area contributed by atoms with Crippen LogP contribution in [0, 0.1) is 27.7 Å². The first-order valence-electron chi connectivity index (χ1n) is 8.06. The Morgan fingerprint density at radius 3 is 2.52 bits per heavy atom. The molecule has 0 aliphatic heterocycles. The minimum Gasteiger partial charge on any atom is -0.465 e. The molecule has 2 heterocycles. The van der Waals surface area contributed by atoms with Crippen molar-refractivity contribution < 1.29 is 17.9 Å². The fourth-order valence-corrected chi connectivity index (χ4v) is 3.68. The van der Waals surface area contributed by atoms with Gasteiger partial charge in [0, 0.05) is 11.4 Å². The highest BCUT2D eigenvalue weighted by Crippen LogP contribution is 2.27. The average molecular weight is 389 g/mol. The molecule has 0 bridgehead atoms. The Morgan fingerprint density at radius 2 is 1.85 bits per heavy atom. The van der Waals surface area contributed by atoms with Crippen molar-refractivity contribution in [3.05, 3.63) is 46.3 Å². The number of esters is 1. The minimum absolute atomic E-state index is 0.109. The quantitative estimate of drug-likeness (QED) is 0.678. The van der Waals surface area contributed by atoms with Gasteiger partial charge in [-0.05, 0) is 51.0 Å². The molecule has 0 atom stereocenters. The van der Waals surface area contributed by atoms with Crippen molar-refractivity contribution in [2.75, 3.05) is 11.8 Å². The van der Waals surface area contributed by atoms with Crippen molar-refractivity contribution in [3.8, 4) is 0 Å². The molecule has 1 N–H and O–H groups in total. The molecule has 0 radical (unpaired) electrons. The Morgan fingerprint density at radius 1 is 1.15 bits per heavy atom. The van der Waals surface area contributed by atoms with E-state index in [0.29, 0.717) is 17.0 Å². The zero-order chi connectivity index (χ0) is 19.9. The maximum Gasteiger partial charge on any atom is 0.340 e. The van der Waals surface area contributed by atoms with Crippen molar-refractivity contribution >= 4 is 27.5 Å². The van der Waals surface area contributed by atoms with Gasteiger partial charge in [0.05, 0.1) is 18.4 Å². The van der Waals surface area contributed by atoms with E-state index in [1.54, 1.807) is 32.9 Å². The fourth-order valence-electron chi connectivity index (χ4n) is 2.67. The number of aromatic nitrogens is 4. The molecule has 27 heavy (non-hydrogen) atoms. The van der Waals surface area contributed by atoms with Crippen molar-refractivity contribution in [1.29, 1.82) is 0 Å². The van der Waals surface area contributed by atoms with Crippen LogP contribution in [0.3, 0.4) is 0 Å². The van der Waals surface area contributed by atoms with Gasteiger partial charge in [0.25, 0.3) is 21.0 Å². The van der Waals surface area contributed by atoms with E-state index < -0.39 is 21.1 Å². The molecule has 2 aromatic heterocycles. The second-order valence-corrected chi connectivity index (χ2v) is 7.75. The standard InChI is InChI=1S/C17H19N5O4S/c1-9-6-7-13(15(23)26-5)14(12(9)4)21-27(24,25)17-19-16-18-10(2)8-11(3)22(16)20-17/h6-8,21H,1-5H3. The summed E-state index contributed by atoms with van der Waals surface area (Å²) in [5.41, 5.74) is 3.08. The summed E-state index contributed by atoms with van der Waals surface area (Å²) in [5.74, 6) is -0.464. The van der Waals surface area contributed by atoms with Crippen molar-refractivity contribution in [2.24, 2.45) is 0 Å². The van der Waals surface area contributed by atoms with Gasteiger partial charge in [-0.3, -0.25) is 4.72 Å². The van der Waals surface area contributed by atoms with E-state index >= 15 is 0 Å². The Labute approximate surface area is 156 Å². The van der Waals surface area contributed by atoms with Crippen molar-refractivity contribution in [3.63, 3.8) is 0 Å². The lowest BCUT2D eigenvalue weighted by Crippen LogP contribution is -2.19. The lowest BCUT2D eigenvalue weighted by atomic mass is 10.0. The molecule has 1 aromatic carbocycles. The van der Waals surface area contributed by atoms with Gasteiger partial charge in [-0.25, -0.2) is 14.3 Å². The van der Waals surface area contributed by atoms with Gasteiger partial charge in [-0.15, -0.1) is 5.10 Å². The van der Waals surface area contributed by atoms with Crippen LogP contribution < -0.4 is 4.72 Å². The summed E-state index contributed by atoms with van der Waals surface area (Å²) in [4.78, 5) is 20.3. The van der Waals surface area contributed by atoms with Crippen LogP contribution in [0.5, 0.6) is 0 Å². The van der Waals surface area contributed by atoms with Crippen LogP contribution in [0.25, 0.3) is 5.78 Å². The third kappa shape index (κ3) is 3.35. The predicted molar refractivity (Wildman–Crippen MR) is 98.3 cm³/mol. The number of aryl methyl sites for hydroxylation is 3. The topological polar surface area (TPSA) is 116 Å². The largest absolute Gasteiger partial charge is 0.465 e. The molecule has 0 aliphatic carbocycles. The highest BCUT2D eigenvalue weighted by molar-refractivity contribution is 7.92. The molecule has 142 valence electrons. The highest BCUT2D eigenvalue weighted by atomic mass is 32.2. The summed E-state index contributed by atoms with van der Waals surface area (Å²) < 4.78 is 34.3. The smallest absolute Gasteiger partial charge is 0.340 e. The van der Waals surface area contributed by atoms with Crippen LogP contribution in [0.4, 0.5) is 5.69 Å². The molecule has 0 unspecified atom stereocenters. The molecule has 3 rings (SSSR count). The first-order valence-corrected chi connectivity index (χ1v) is 9.54. The van der Waals surface area contributed by atoms with Gasteiger partial charge in [0.2, 0.25) is 0 Å². The van der Waals surface area contributed by atoms with Crippen LogP contribution in [0.15, 0.2) is 23.4 Å². The number of sulfonamides is 1. The molecule has 0 spiro atoms.